The predicted molar refractivity (Wildman–Crippen MR) is 92.2 cm³/mol. The Balaban J connectivity index is 2.02. The Kier molecular flexibility index (Phi) is 6.17. The smallest absolute Gasteiger partial charge is 0.262 e. The van der Waals surface area contributed by atoms with Crippen molar-refractivity contribution in [2.24, 2.45) is 0 Å². The van der Waals surface area contributed by atoms with E-state index in [9.17, 15) is 14.3 Å². The van der Waals surface area contributed by atoms with E-state index in [2.05, 4.69) is 5.32 Å². The van der Waals surface area contributed by atoms with Crippen LogP contribution in [0.5, 0.6) is 11.5 Å². The summed E-state index contributed by atoms with van der Waals surface area (Å²) in [6, 6.07) is 8.85. The van der Waals surface area contributed by atoms with Crippen molar-refractivity contribution in [2.45, 2.75) is 6.61 Å². The Labute approximate surface area is 146 Å². The predicted octanol–water partition coefficient (Wildman–Crippen LogP) is 2.95. The van der Waals surface area contributed by atoms with Crippen molar-refractivity contribution in [1.29, 1.82) is 0 Å². The molecule has 2 N–H and O–H groups in total. The second kappa shape index (κ2) is 8.11. The van der Waals surface area contributed by atoms with Gasteiger partial charge in [0.2, 0.25) is 0 Å². The third-order valence-electron chi connectivity index (χ3n) is 2.95. The first kappa shape index (κ1) is 17.5. The maximum absolute atomic E-state index is 12.8. The highest BCUT2D eigenvalue weighted by molar-refractivity contribution is 14.1. The van der Waals surface area contributed by atoms with E-state index in [0.717, 1.165) is 3.57 Å². The SMILES string of the molecule is COc1cc(CO)cc(I)c1OCC(=O)Nc1ccc(F)cc1. The molecule has 0 aliphatic heterocycles. The first-order valence-electron chi connectivity index (χ1n) is 6.69. The van der Waals surface area contributed by atoms with Crippen molar-refractivity contribution in [3.8, 4) is 11.5 Å². The van der Waals surface area contributed by atoms with Crippen molar-refractivity contribution in [1.82, 2.24) is 0 Å². The highest BCUT2D eigenvalue weighted by Crippen LogP contribution is 2.34. The summed E-state index contributed by atoms with van der Waals surface area (Å²) >= 11 is 2.04. The number of carbonyl (C=O) groups excluding carboxylic acids is 1. The molecule has 23 heavy (non-hydrogen) atoms. The van der Waals surface area contributed by atoms with Crippen LogP contribution in [0, 0.1) is 9.39 Å². The van der Waals surface area contributed by atoms with Gasteiger partial charge in [0, 0.05) is 5.69 Å². The van der Waals surface area contributed by atoms with E-state index in [0.29, 0.717) is 22.7 Å². The number of ether oxygens (including phenoxy) is 2. The molecular weight excluding hydrogens is 416 g/mol. The average Bonchev–Trinajstić information content (AvgIpc) is 2.55. The molecule has 1 amide bonds. The maximum Gasteiger partial charge on any atom is 0.262 e. The fraction of sp³-hybridized carbons (Fsp3) is 0.188. The number of halogens is 2. The average molecular weight is 431 g/mol. The van der Waals surface area contributed by atoms with Gasteiger partial charge < -0.3 is 19.9 Å². The zero-order chi connectivity index (χ0) is 16.8. The number of methoxy groups -OCH3 is 1. The number of aliphatic hydroxyl groups excluding tert-OH is 1. The van der Waals surface area contributed by atoms with Crippen LogP contribution in [0.25, 0.3) is 0 Å². The number of hydrogen-bond acceptors (Lipinski definition) is 4. The Morgan fingerprint density at radius 2 is 2.00 bits per heavy atom. The van der Waals surface area contributed by atoms with Crippen LogP contribution in [0.3, 0.4) is 0 Å². The van der Waals surface area contributed by atoms with Gasteiger partial charge in [0.15, 0.2) is 18.1 Å². The molecular formula is C16H15FINO4. The number of hydrogen-bond donors (Lipinski definition) is 2. The number of carbonyl (C=O) groups is 1. The molecule has 0 saturated carbocycles. The molecule has 0 aliphatic rings. The molecule has 7 heteroatoms. The third kappa shape index (κ3) is 4.80. The zero-order valence-corrected chi connectivity index (χ0v) is 14.5. The molecule has 0 spiro atoms. The van der Waals surface area contributed by atoms with E-state index in [1.165, 1.54) is 31.4 Å². The molecule has 0 fully saturated rings. The normalized spacial score (nSPS) is 10.3. The lowest BCUT2D eigenvalue weighted by Gasteiger charge is -2.14. The quantitative estimate of drug-likeness (QED) is 0.691. The molecule has 5 nitrogen and oxygen atoms in total. The second-order valence-electron chi connectivity index (χ2n) is 4.61. The van der Waals surface area contributed by atoms with Gasteiger partial charge in [0.25, 0.3) is 5.91 Å². The second-order valence-corrected chi connectivity index (χ2v) is 5.77. The van der Waals surface area contributed by atoms with Crippen molar-refractivity contribution in [3.63, 3.8) is 0 Å². The van der Waals surface area contributed by atoms with Crippen LogP contribution in [-0.4, -0.2) is 24.7 Å². The van der Waals surface area contributed by atoms with Crippen LogP contribution in [0.4, 0.5) is 10.1 Å². The summed E-state index contributed by atoms with van der Waals surface area (Å²) in [5.41, 5.74) is 1.17. The zero-order valence-electron chi connectivity index (χ0n) is 12.3. The molecule has 0 heterocycles. The summed E-state index contributed by atoms with van der Waals surface area (Å²) in [7, 11) is 1.48. The highest BCUT2D eigenvalue weighted by Gasteiger charge is 2.13. The van der Waals surface area contributed by atoms with Crippen molar-refractivity contribution < 1.29 is 23.8 Å². The van der Waals surface area contributed by atoms with Crippen molar-refractivity contribution >= 4 is 34.2 Å². The van der Waals surface area contributed by atoms with E-state index >= 15 is 0 Å². The molecule has 0 saturated heterocycles. The van der Waals surface area contributed by atoms with Crippen LogP contribution in [0.2, 0.25) is 0 Å². The van der Waals surface area contributed by atoms with E-state index in [4.69, 9.17) is 9.47 Å². The Morgan fingerprint density at radius 3 is 2.61 bits per heavy atom. The lowest BCUT2D eigenvalue weighted by atomic mass is 10.2. The van der Waals surface area contributed by atoms with Crippen LogP contribution >= 0.6 is 22.6 Å². The Morgan fingerprint density at radius 1 is 1.30 bits per heavy atom. The standard InChI is InChI=1S/C16H15FINO4/c1-22-14-7-10(8-20)6-13(18)16(14)23-9-15(21)19-12-4-2-11(17)3-5-12/h2-7,20H,8-9H2,1H3,(H,19,21). The molecule has 2 aromatic rings. The van der Waals surface area contributed by atoms with Crippen molar-refractivity contribution in [2.75, 3.05) is 19.0 Å². The van der Waals surface area contributed by atoms with Crippen LogP contribution in [-0.2, 0) is 11.4 Å². The van der Waals surface area contributed by atoms with Gasteiger partial charge in [-0.2, -0.15) is 0 Å². The lowest BCUT2D eigenvalue weighted by molar-refractivity contribution is -0.118. The molecule has 0 unspecified atom stereocenters. The summed E-state index contributed by atoms with van der Waals surface area (Å²) in [6.07, 6.45) is 0. The summed E-state index contributed by atoms with van der Waals surface area (Å²) in [6.45, 7) is -0.333. The van der Waals surface area contributed by atoms with Gasteiger partial charge in [-0.1, -0.05) is 0 Å². The van der Waals surface area contributed by atoms with E-state index < -0.39 is 0 Å². The van der Waals surface area contributed by atoms with Crippen LogP contribution in [0.15, 0.2) is 36.4 Å². The molecule has 0 bridgehead atoms. The van der Waals surface area contributed by atoms with Gasteiger partial charge in [0.05, 0.1) is 17.3 Å². The largest absolute Gasteiger partial charge is 0.493 e. The third-order valence-corrected chi connectivity index (χ3v) is 3.75. The molecule has 0 aromatic heterocycles. The first-order chi connectivity index (χ1) is 11.0. The van der Waals surface area contributed by atoms with Gasteiger partial charge in [0.1, 0.15) is 5.82 Å². The number of rotatable bonds is 6. The minimum atomic E-state index is -0.374. The van der Waals surface area contributed by atoms with Gasteiger partial charge >= 0.3 is 0 Å². The van der Waals surface area contributed by atoms with E-state index in [1.54, 1.807) is 12.1 Å². The van der Waals surface area contributed by atoms with E-state index in [-0.39, 0.29) is 24.9 Å². The first-order valence-corrected chi connectivity index (χ1v) is 7.77. The minimum absolute atomic E-state index is 0.113. The monoisotopic (exact) mass is 431 g/mol. The number of anilines is 1. The summed E-state index contributed by atoms with van der Waals surface area (Å²) in [5, 5.41) is 11.8. The molecule has 2 aromatic carbocycles. The minimum Gasteiger partial charge on any atom is -0.493 e. The fourth-order valence-corrected chi connectivity index (χ4v) is 2.69. The molecule has 2 rings (SSSR count). The van der Waals surface area contributed by atoms with Gasteiger partial charge in [-0.3, -0.25) is 4.79 Å². The van der Waals surface area contributed by atoms with Crippen LogP contribution < -0.4 is 14.8 Å². The maximum atomic E-state index is 12.8. The number of benzene rings is 2. The summed E-state index contributed by atoms with van der Waals surface area (Å²) in [4.78, 5) is 11.9. The number of nitrogens with one attached hydrogen (secondary N) is 1. The van der Waals surface area contributed by atoms with Crippen molar-refractivity contribution in [3.05, 3.63) is 51.3 Å². The Bertz CT molecular complexity index is 691. The molecule has 122 valence electrons. The number of amides is 1. The molecule has 0 atom stereocenters. The fourth-order valence-electron chi connectivity index (χ4n) is 1.87. The molecule has 0 radical (unpaired) electrons. The van der Waals surface area contributed by atoms with Gasteiger partial charge in [-0.05, 0) is 64.6 Å². The number of aliphatic hydroxyl groups is 1. The Hall–Kier alpha value is -1.87. The highest BCUT2D eigenvalue weighted by atomic mass is 127. The summed E-state index contributed by atoms with van der Waals surface area (Å²) in [5.74, 6) is 0.123. The van der Waals surface area contributed by atoms with Gasteiger partial charge in [-0.25, -0.2) is 4.39 Å². The van der Waals surface area contributed by atoms with Gasteiger partial charge in [-0.15, -0.1) is 0 Å². The summed E-state index contributed by atoms with van der Waals surface area (Å²) < 4.78 is 24.3. The van der Waals surface area contributed by atoms with E-state index in [1.807, 2.05) is 22.6 Å². The lowest BCUT2D eigenvalue weighted by Crippen LogP contribution is -2.20. The van der Waals surface area contributed by atoms with Crippen LogP contribution in [0.1, 0.15) is 5.56 Å². The topological polar surface area (TPSA) is 67.8 Å². The molecule has 0 aliphatic carbocycles.